The van der Waals surface area contributed by atoms with Gasteiger partial charge in [-0.3, -0.25) is 0 Å². The lowest BCUT2D eigenvalue weighted by Gasteiger charge is -2.19. The molecule has 1 aliphatic heterocycles. The summed E-state index contributed by atoms with van der Waals surface area (Å²) in [5.41, 5.74) is 0. The van der Waals surface area contributed by atoms with Crippen molar-refractivity contribution in [1.82, 2.24) is 10.2 Å². The number of hydrogen-bond donors (Lipinski definition) is 2. The number of aliphatic hydroxyl groups is 1. The Balaban J connectivity index is 1.45. The molecule has 1 atom stereocenters. The molecule has 1 saturated heterocycles. The van der Waals surface area contributed by atoms with Crippen LogP contribution in [-0.2, 0) is 0 Å². The number of ether oxygens (including phenoxy) is 1. The Morgan fingerprint density at radius 2 is 1.95 bits per heavy atom. The van der Waals surface area contributed by atoms with Gasteiger partial charge in [0.15, 0.2) is 0 Å². The number of para-hydroxylation sites is 1. The first-order chi connectivity index (χ1) is 9.84. The second kappa shape index (κ2) is 8.95. The first-order valence-electron chi connectivity index (χ1n) is 7.63. The maximum atomic E-state index is 9.91. The SMILES string of the molecule is OC(CNCCCOc1ccccc1)CN1CCCC1. The third kappa shape index (κ3) is 5.90. The average Bonchev–Trinajstić information content (AvgIpc) is 2.96. The van der Waals surface area contributed by atoms with Crippen LogP contribution in [0.25, 0.3) is 0 Å². The van der Waals surface area contributed by atoms with E-state index in [4.69, 9.17) is 4.74 Å². The third-order valence-corrected chi connectivity index (χ3v) is 3.56. The maximum absolute atomic E-state index is 9.91. The topological polar surface area (TPSA) is 44.7 Å². The van der Waals surface area contributed by atoms with Crippen LogP contribution in [0.3, 0.4) is 0 Å². The van der Waals surface area contributed by atoms with Crippen molar-refractivity contribution in [3.63, 3.8) is 0 Å². The monoisotopic (exact) mass is 278 g/mol. The minimum absolute atomic E-state index is 0.261. The Hall–Kier alpha value is -1.10. The molecule has 1 aliphatic rings. The zero-order valence-electron chi connectivity index (χ0n) is 12.1. The third-order valence-electron chi connectivity index (χ3n) is 3.56. The van der Waals surface area contributed by atoms with Crippen LogP contribution in [-0.4, -0.2) is 55.4 Å². The van der Waals surface area contributed by atoms with Crippen molar-refractivity contribution < 1.29 is 9.84 Å². The summed E-state index contributed by atoms with van der Waals surface area (Å²) in [5, 5.41) is 13.2. The van der Waals surface area contributed by atoms with Gasteiger partial charge in [-0.15, -0.1) is 0 Å². The lowest BCUT2D eigenvalue weighted by molar-refractivity contribution is 0.123. The first kappa shape index (κ1) is 15.3. The minimum atomic E-state index is -0.261. The molecular weight excluding hydrogens is 252 g/mol. The zero-order chi connectivity index (χ0) is 14.0. The number of nitrogens with zero attached hydrogens (tertiary/aromatic N) is 1. The molecule has 0 radical (unpaired) electrons. The standard InChI is InChI=1S/C16H26N2O2/c19-15(14-18-10-4-5-11-18)13-17-9-6-12-20-16-7-2-1-3-8-16/h1-3,7-8,15,17,19H,4-6,9-14H2. The first-order valence-corrected chi connectivity index (χ1v) is 7.63. The van der Waals surface area contributed by atoms with Gasteiger partial charge in [0.1, 0.15) is 5.75 Å². The smallest absolute Gasteiger partial charge is 0.119 e. The number of likely N-dealkylation sites (tertiary alicyclic amines) is 1. The Bertz CT molecular complexity index is 353. The number of hydrogen-bond acceptors (Lipinski definition) is 4. The van der Waals surface area contributed by atoms with E-state index in [1.54, 1.807) is 0 Å². The number of nitrogens with one attached hydrogen (secondary N) is 1. The largest absolute Gasteiger partial charge is 0.494 e. The van der Waals surface area contributed by atoms with Crippen LogP contribution < -0.4 is 10.1 Å². The minimum Gasteiger partial charge on any atom is -0.494 e. The van der Waals surface area contributed by atoms with E-state index in [-0.39, 0.29) is 6.10 Å². The van der Waals surface area contributed by atoms with Crippen molar-refractivity contribution >= 4 is 0 Å². The van der Waals surface area contributed by atoms with E-state index in [0.717, 1.165) is 38.3 Å². The molecule has 0 saturated carbocycles. The molecular formula is C16H26N2O2. The summed E-state index contributed by atoms with van der Waals surface area (Å²) in [6.45, 7) is 5.34. The highest BCUT2D eigenvalue weighted by Crippen LogP contribution is 2.08. The molecule has 4 heteroatoms. The van der Waals surface area contributed by atoms with Crippen molar-refractivity contribution in [3.8, 4) is 5.75 Å². The molecule has 0 aliphatic carbocycles. The van der Waals surface area contributed by atoms with Crippen LogP contribution in [0, 0.1) is 0 Å². The maximum Gasteiger partial charge on any atom is 0.119 e. The fourth-order valence-corrected chi connectivity index (χ4v) is 2.50. The van der Waals surface area contributed by atoms with Crippen LogP contribution in [0.15, 0.2) is 30.3 Å². The Morgan fingerprint density at radius 3 is 2.70 bits per heavy atom. The molecule has 0 spiro atoms. The van der Waals surface area contributed by atoms with Crippen LogP contribution in [0.2, 0.25) is 0 Å². The summed E-state index contributed by atoms with van der Waals surface area (Å²) in [5.74, 6) is 0.918. The number of rotatable bonds is 9. The van der Waals surface area contributed by atoms with E-state index in [9.17, 15) is 5.11 Å². The lowest BCUT2D eigenvalue weighted by Crippen LogP contribution is -2.37. The molecule has 1 fully saturated rings. The van der Waals surface area contributed by atoms with Gasteiger partial charge in [-0.1, -0.05) is 18.2 Å². The second-order valence-corrected chi connectivity index (χ2v) is 5.38. The van der Waals surface area contributed by atoms with E-state index >= 15 is 0 Å². The highest BCUT2D eigenvalue weighted by molar-refractivity contribution is 5.20. The Kier molecular flexibility index (Phi) is 6.84. The molecule has 2 N–H and O–H groups in total. The van der Waals surface area contributed by atoms with Gasteiger partial charge in [-0.2, -0.15) is 0 Å². The van der Waals surface area contributed by atoms with Crippen molar-refractivity contribution in [3.05, 3.63) is 30.3 Å². The predicted octanol–water partition coefficient (Wildman–Crippen LogP) is 1.50. The summed E-state index contributed by atoms with van der Waals surface area (Å²) < 4.78 is 5.61. The van der Waals surface area contributed by atoms with Gasteiger partial charge in [0.25, 0.3) is 0 Å². The summed E-state index contributed by atoms with van der Waals surface area (Å²) in [7, 11) is 0. The molecule has 0 bridgehead atoms. The molecule has 112 valence electrons. The van der Waals surface area contributed by atoms with Gasteiger partial charge >= 0.3 is 0 Å². The molecule has 1 heterocycles. The molecule has 0 amide bonds. The molecule has 20 heavy (non-hydrogen) atoms. The van der Waals surface area contributed by atoms with E-state index in [0.29, 0.717) is 13.2 Å². The van der Waals surface area contributed by atoms with Gasteiger partial charge in [-0.05, 0) is 51.0 Å². The molecule has 0 aromatic heterocycles. The highest BCUT2D eigenvalue weighted by atomic mass is 16.5. The summed E-state index contributed by atoms with van der Waals surface area (Å²) in [6, 6.07) is 9.86. The van der Waals surface area contributed by atoms with E-state index in [2.05, 4.69) is 10.2 Å². The summed E-state index contributed by atoms with van der Waals surface area (Å²) in [4.78, 5) is 2.34. The van der Waals surface area contributed by atoms with Gasteiger partial charge in [0.05, 0.1) is 12.7 Å². The second-order valence-electron chi connectivity index (χ2n) is 5.38. The summed E-state index contributed by atoms with van der Waals surface area (Å²) in [6.07, 6.45) is 3.24. The number of aliphatic hydroxyl groups excluding tert-OH is 1. The van der Waals surface area contributed by atoms with Gasteiger partial charge in [-0.25, -0.2) is 0 Å². The van der Waals surface area contributed by atoms with E-state index < -0.39 is 0 Å². The van der Waals surface area contributed by atoms with E-state index in [1.165, 1.54) is 12.8 Å². The number of benzene rings is 1. The number of β-amino-alcohol motifs (C(OH)–C–C–N with tert-alkyl or cyclic N) is 1. The van der Waals surface area contributed by atoms with Crippen LogP contribution in [0.4, 0.5) is 0 Å². The molecule has 1 unspecified atom stereocenters. The zero-order valence-corrected chi connectivity index (χ0v) is 12.1. The van der Waals surface area contributed by atoms with E-state index in [1.807, 2.05) is 30.3 Å². The lowest BCUT2D eigenvalue weighted by atomic mass is 10.3. The van der Waals surface area contributed by atoms with Crippen molar-refractivity contribution in [1.29, 1.82) is 0 Å². The quantitative estimate of drug-likeness (QED) is 0.672. The normalized spacial score (nSPS) is 17.2. The fourth-order valence-electron chi connectivity index (χ4n) is 2.50. The van der Waals surface area contributed by atoms with Gasteiger partial charge < -0.3 is 20.1 Å². The molecule has 4 nitrogen and oxygen atoms in total. The summed E-state index contributed by atoms with van der Waals surface area (Å²) >= 11 is 0. The van der Waals surface area contributed by atoms with Gasteiger partial charge in [0.2, 0.25) is 0 Å². The molecule has 1 aromatic carbocycles. The molecule has 2 rings (SSSR count). The fraction of sp³-hybridized carbons (Fsp3) is 0.625. The van der Waals surface area contributed by atoms with Crippen molar-refractivity contribution in [2.24, 2.45) is 0 Å². The predicted molar refractivity (Wildman–Crippen MR) is 81.1 cm³/mol. The van der Waals surface area contributed by atoms with Crippen molar-refractivity contribution in [2.75, 3.05) is 39.3 Å². The van der Waals surface area contributed by atoms with Crippen LogP contribution >= 0.6 is 0 Å². The van der Waals surface area contributed by atoms with Crippen molar-refractivity contribution in [2.45, 2.75) is 25.4 Å². The van der Waals surface area contributed by atoms with Crippen LogP contribution in [0.1, 0.15) is 19.3 Å². The average molecular weight is 278 g/mol. The Labute approximate surface area is 121 Å². The van der Waals surface area contributed by atoms with Crippen LogP contribution in [0.5, 0.6) is 5.75 Å². The van der Waals surface area contributed by atoms with Gasteiger partial charge in [0, 0.05) is 13.1 Å². The highest BCUT2D eigenvalue weighted by Gasteiger charge is 2.15. The Morgan fingerprint density at radius 1 is 1.20 bits per heavy atom. The molecule has 1 aromatic rings.